The molecule has 0 aliphatic carbocycles. The number of pyridine rings is 1. The lowest BCUT2D eigenvalue weighted by molar-refractivity contribution is 0.131. The standard InChI is InChI=1S/C16H16Cl2N2O/c17-15-7-6-13(10-16(15)18)4-1-2-9-20-21-12-14-5-3-8-19-11-14/h3,5-11H,1-2,4,12H2/b20-9+. The molecule has 0 saturated heterocycles. The van der Waals surface area contributed by atoms with E-state index in [9.17, 15) is 0 Å². The number of hydrogen-bond acceptors (Lipinski definition) is 3. The van der Waals surface area contributed by atoms with Crippen LogP contribution in [0, 0.1) is 0 Å². The normalized spacial score (nSPS) is 11.0. The van der Waals surface area contributed by atoms with Gasteiger partial charge in [0.25, 0.3) is 0 Å². The second kappa shape index (κ2) is 8.65. The minimum atomic E-state index is 0.442. The van der Waals surface area contributed by atoms with Crippen molar-refractivity contribution in [2.75, 3.05) is 0 Å². The van der Waals surface area contributed by atoms with Crippen molar-refractivity contribution in [2.24, 2.45) is 5.16 Å². The second-order valence-corrected chi connectivity index (χ2v) is 5.38. The minimum Gasteiger partial charge on any atom is -0.391 e. The first kappa shape index (κ1) is 15.8. The van der Waals surface area contributed by atoms with Gasteiger partial charge in [-0.3, -0.25) is 4.98 Å². The average molecular weight is 323 g/mol. The summed E-state index contributed by atoms with van der Waals surface area (Å²) < 4.78 is 0. The van der Waals surface area contributed by atoms with Gasteiger partial charge in [-0.25, -0.2) is 0 Å². The number of halogens is 2. The highest BCUT2D eigenvalue weighted by Crippen LogP contribution is 2.23. The van der Waals surface area contributed by atoms with Crippen molar-refractivity contribution >= 4 is 29.4 Å². The van der Waals surface area contributed by atoms with E-state index in [1.807, 2.05) is 30.3 Å². The summed E-state index contributed by atoms with van der Waals surface area (Å²) >= 11 is 11.8. The van der Waals surface area contributed by atoms with E-state index in [1.165, 1.54) is 5.56 Å². The van der Waals surface area contributed by atoms with Gasteiger partial charge in [0.15, 0.2) is 0 Å². The van der Waals surface area contributed by atoms with E-state index >= 15 is 0 Å². The van der Waals surface area contributed by atoms with Gasteiger partial charge in [-0.1, -0.05) is 40.5 Å². The fraction of sp³-hybridized carbons (Fsp3) is 0.250. The number of rotatable bonds is 7. The minimum absolute atomic E-state index is 0.442. The zero-order valence-corrected chi connectivity index (χ0v) is 13.0. The summed E-state index contributed by atoms with van der Waals surface area (Å²) in [7, 11) is 0. The van der Waals surface area contributed by atoms with Gasteiger partial charge in [0, 0.05) is 24.2 Å². The predicted molar refractivity (Wildman–Crippen MR) is 86.9 cm³/mol. The molecule has 5 heteroatoms. The van der Waals surface area contributed by atoms with Gasteiger partial charge in [0.2, 0.25) is 0 Å². The molecule has 0 atom stereocenters. The highest BCUT2D eigenvalue weighted by atomic mass is 35.5. The number of nitrogens with zero attached hydrogens (tertiary/aromatic N) is 2. The van der Waals surface area contributed by atoms with Gasteiger partial charge in [-0.15, -0.1) is 0 Å². The van der Waals surface area contributed by atoms with Gasteiger partial charge in [-0.2, -0.15) is 0 Å². The molecule has 0 unspecified atom stereocenters. The van der Waals surface area contributed by atoms with E-state index < -0.39 is 0 Å². The summed E-state index contributed by atoms with van der Waals surface area (Å²) in [6.45, 7) is 0.442. The maximum Gasteiger partial charge on any atom is 0.143 e. The van der Waals surface area contributed by atoms with Crippen LogP contribution in [0.15, 0.2) is 47.9 Å². The molecule has 1 aromatic heterocycles. The highest BCUT2D eigenvalue weighted by molar-refractivity contribution is 6.42. The molecule has 0 aliphatic heterocycles. The number of aromatic nitrogens is 1. The number of benzene rings is 1. The third kappa shape index (κ3) is 5.74. The molecule has 1 aromatic carbocycles. The summed E-state index contributed by atoms with van der Waals surface area (Å²) in [6.07, 6.45) is 8.06. The Labute approximate surface area is 134 Å². The fourth-order valence-corrected chi connectivity index (χ4v) is 2.11. The van der Waals surface area contributed by atoms with Gasteiger partial charge in [0.1, 0.15) is 6.61 Å². The molecule has 0 amide bonds. The monoisotopic (exact) mass is 322 g/mol. The molecule has 3 nitrogen and oxygen atoms in total. The van der Waals surface area contributed by atoms with E-state index in [0.29, 0.717) is 16.7 Å². The molecule has 0 radical (unpaired) electrons. The molecule has 0 spiro atoms. The Morgan fingerprint density at radius 2 is 2.05 bits per heavy atom. The van der Waals surface area contributed by atoms with Crippen LogP contribution < -0.4 is 0 Å². The second-order valence-electron chi connectivity index (χ2n) is 4.56. The van der Waals surface area contributed by atoms with Crippen molar-refractivity contribution in [3.8, 4) is 0 Å². The number of aryl methyl sites for hydroxylation is 1. The maximum absolute atomic E-state index is 5.97. The molecular weight excluding hydrogens is 307 g/mol. The van der Waals surface area contributed by atoms with E-state index in [4.69, 9.17) is 28.0 Å². The fourth-order valence-electron chi connectivity index (χ4n) is 1.79. The Kier molecular flexibility index (Phi) is 6.51. The quantitative estimate of drug-likeness (QED) is 0.412. The molecule has 0 aliphatic rings. The van der Waals surface area contributed by atoms with Crippen LogP contribution in [0.5, 0.6) is 0 Å². The maximum atomic E-state index is 5.97. The van der Waals surface area contributed by atoms with Crippen molar-refractivity contribution in [3.63, 3.8) is 0 Å². The van der Waals surface area contributed by atoms with Gasteiger partial charge in [-0.05, 0) is 43.0 Å². The molecule has 0 saturated carbocycles. The lowest BCUT2D eigenvalue weighted by Crippen LogP contribution is -1.89. The van der Waals surface area contributed by atoms with Crippen LogP contribution in [0.4, 0.5) is 0 Å². The van der Waals surface area contributed by atoms with E-state index in [1.54, 1.807) is 18.6 Å². The topological polar surface area (TPSA) is 34.5 Å². The zero-order chi connectivity index (χ0) is 14.9. The van der Waals surface area contributed by atoms with E-state index in [-0.39, 0.29) is 0 Å². The van der Waals surface area contributed by atoms with E-state index in [0.717, 1.165) is 24.8 Å². The largest absolute Gasteiger partial charge is 0.391 e. The third-order valence-corrected chi connectivity index (χ3v) is 3.62. The van der Waals surface area contributed by atoms with Crippen LogP contribution in [0.1, 0.15) is 24.0 Å². The van der Waals surface area contributed by atoms with Crippen LogP contribution >= 0.6 is 23.2 Å². The Morgan fingerprint density at radius 3 is 2.81 bits per heavy atom. The molecular formula is C16H16Cl2N2O. The zero-order valence-electron chi connectivity index (χ0n) is 11.5. The molecule has 2 aromatic rings. The molecule has 1 heterocycles. The SMILES string of the molecule is Clc1ccc(CCC/C=N/OCc2cccnc2)cc1Cl. The van der Waals surface area contributed by atoms with Crippen LogP contribution in [0.25, 0.3) is 0 Å². The lowest BCUT2D eigenvalue weighted by Gasteiger charge is -2.02. The first-order valence-corrected chi connectivity index (χ1v) is 7.48. The Balaban J connectivity index is 1.63. The van der Waals surface area contributed by atoms with Crippen LogP contribution in [-0.2, 0) is 17.9 Å². The van der Waals surface area contributed by atoms with Crippen LogP contribution in [-0.4, -0.2) is 11.2 Å². The van der Waals surface area contributed by atoms with Crippen molar-refractivity contribution in [3.05, 3.63) is 63.9 Å². The summed E-state index contributed by atoms with van der Waals surface area (Å²) in [5.74, 6) is 0. The van der Waals surface area contributed by atoms with Crippen molar-refractivity contribution in [1.29, 1.82) is 0 Å². The average Bonchev–Trinajstić information content (AvgIpc) is 2.51. The number of unbranched alkanes of at least 4 members (excludes halogenated alkanes) is 1. The summed E-state index contributed by atoms with van der Waals surface area (Å²) in [6, 6.07) is 9.54. The Hall–Kier alpha value is -1.58. The summed E-state index contributed by atoms with van der Waals surface area (Å²) in [4.78, 5) is 9.21. The van der Waals surface area contributed by atoms with Crippen molar-refractivity contribution in [1.82, 2.24) is 4.98 Å². The molecule has 2 rings (SSSR count). The molecule has 21 heavy (non-hydrogen) atoms. The van der Waals surface area contributed by atoms with Gasteiger partial charge < -0.3 is 4.84 Å². The molecule has 0 bridgehead atoms. The van der Waals surface area contributed by atoms with Crippen molar-refractivity contribution < 1.29 is 4.84 Å². The van der Waals surface area contributed by atoms with E-state index in [2.05, 4.69) is 10.1 Å². The summed E-state index contributed by atoms with van der Waals surface area (Å²) in [5, 5.41) is 5.12. The molecule has 0 fully saturated rings. The first-order chi connectivity index (χ1) is 10.3. The van der Waals surface area contributed by atoms with Crippen molar-refractivity contribution in [2.45, 2.75) is 25.9 Å². The first-order valence-electron chi connectivity index (χ1n) is 6.72. The van der Waals surface area contributed by atoms with Crippen LogP contribution in [0.2, 0.25) is 10.0 Å². The van der Waals surface area contributed by atoms with Gasteiger partial charge >= 0.3 is 0 Å². The number of hydrogen-bond donors (Lipinski definition) is 0. The highest BCUT2D eigenvalue weighted by Gasteiger charge is 1.99. The van der Waals surface area contributed by atoms with Gasteiger partial charge in [0.05, 0.1) is 10.0 Å². The van der Waals surface area contributed by atoms with Crippen LogP contribution in [0.3, 0.4) is 0 Å². The molecule has 0 N–H and O–H groups in total. The predicted octanol–water partition coefficient (Wildman–Crippen LogP) is 4.91. The third-order valence-electron chi connectivity index (χ3n) is 2.89. The Bertz CT molecular complexity index is 588. The lowest BCUT2D eigenvalue weighted by atomic mass is 10.1. The Morgan fingerprint density at radius 1 is 1.14 bits per heavy atom. The summed E-state index contributed by atoms with van der Waals surface area (Å²) in [5.41, 5.74) is 2.18. The molecule has 110 valence electrons. The smallest absolute Gasteiger partial charge is 0.143 e. The number of oxime groups is 1.